The Morgan fingerprint density at radius 1 is 1.20 bits per heavy atom. The van der Waals surface area contributed by atoms with E-state index in [2.05, 4.69) is 32.7 Å². The maximum Gasteiger partial charge on any atom is 0.417 e. The molecule has 3 saturated carbocycles. The normalized spacial score (nSPS) is 36.8. The molecule has 3 fully saturated rings. The smallest absolute Gasteiger partial charge is 0.417 e. The fraction of sp³-hybridized carbons (Fsp3) is 0.647. The molecule has 0 radical (unpaired) electrons. The lowest BCUT2D eigenvalue weighted by molar-refractivity contribution is -0.192. The second-order valence-electron chi connectivity index (χ2n) is 14.4. The minimum absolute atomic E-state index is 0. The molecule has 1 aliphatic heterocycles. The van der Waals surface area contributed by atoms with Crippen molar-refractivity contribution in [2.75, 3.05) is 5.32 Å². The molecule has 1 heterocycles. The molecule has 3 amide bonds. The molecule has 0 aromatic heterocycles. The number of halogens is 1. The quantitative estimate of drug-likeness (QED) is 0.366. The minimum atomic E-state index is -0.799. The lowest BCUT2D eigenvalue weighted by Gasteiger charge is -2.61. The highest BCUT2D eigenvalue weighted by molar-refractivity contribution is 6.08. The van der Waals surface area contributed by atoms with Gasteiger partial charge in [-0.05, 0) is 61.0 Å². The number of aliphatic hydroxyl groups excluding tert-OH is 1. The second-order valence-corrected chi connectivity index (χ2v) is 14.4. The van der Waals surface area contributed by atoms with E-state index in [4.69, 9.17) is 10.5 Å². The van der Waals surface area contributed by atoms with Crippen molar-refractivity contribution < 1.29 is 29.0 Å². The van der Waals surface area contributed by atoms with E-state index in [9.17, 15) is 24.3 Å². The summed E-state index contributed by atoms with van der Waals surface area (Å²) in [5, 5.41) is 14.6. The Balaban J connectivity index is 0.00000442. The molecule has 9 atom stereocenters. The number of anilines is 1. The van der Waals surface area contributed by atoms with Crippen LogP contribution < -0.4 is 11.1 Å². The van der Waals surface area contributed by atoms with Gasteiger partial charge in [-0.2, -0.15) is 0 Å². The first-order valence-corrected chi connectivity index (χ1v) is 15.7. The van der Waals surface area contributed by atoms with Crippen LogP contribution in [0.25, 0.3) is 0 Å². The van der Waals surface area contributed by atoms with Crippen LogP contribution >= 0.6 is 12.4 Å². The van der Waals surface area contributed by atoms with Crippen LogP contribution in [-0.2, 0) is 20.9 Å². The van der Waals surface area contributed by atoms with Gasteiger partial charge in [0, 0.05) is 40.0 Å². The zero-order chi connectivity index (χ0) is 31.6. The van der Waals surface area contributed by atoms with E-state index in [1.165, 1.54) is 0 Å². The molecule has 5 rings (SSSR count). The highest BCUT2D eigenvalue weighted by Crippen LogP contribution is 2.68. The largest absolute Gasteiger partial charge is 0.445 e. The number of fused-ring (bicyclic) bond motifs is 1. The summed E-state index contributed by atoms with van der Waals surface area (Å²) in [5.41, 5.74) is 5.43. The van der Waals surface area contributed by atoms with E-state index in [0.29, 0.717) is 29.7 Å². The molecule has 4 N–H and O–H groups in total. The standard InChI is InChI=1S/C34H47N3O6.ClH/c1-8-32(6)16-25(33(7)19(4)12-14-34(20(5)28(32)39)15-13-24(38)27(33)34)43-31(42)37-17-22-21(30(37)41)10-9-11-23(22)36-29(40)26(35)18(2)3;/h8-11,18-20,25-28,39H,1,12-17,35H2,2-7H3,(H,36,40);1H/t19-,20+,25-,26?,27?,28+,32-,33+,34+;/m1./s1. The summed E-state index contributed by atoms with van der Waals surface area (Å²) in [7, 11) is 0. The number of Topliss-reactive ketones (excluding diaryl/α,β-unsaturated/α-hetero) is 1. The number of aliphatic hydroxyl groups is 1. The lowest BCUT2D eigenvalue weighted by atomic mass is 9.44. The number of hydrogen-bond donors (Lipinski definition) is 3. The number of benzene rings is 1. The predicted molar refractivity (Wildman–Crippen MR) is 170 cm³/mol. The van der Waals surface area contributed by atoms with E-state index in [-0.39, 0.29) is 60.7 Å². The number of imide groups is 1. The molecule has 0 spiro atoms. The van der Waals surface area contributed by atoms with Gasteiger partial charge in [-0.1, -0.05) is 53.7 Å². The highest BCUT2D eigenvalue weighted by Gasteiger charge is 2.68. The number of nitrogens with zero attached hydrogens (tertiary/aromatic N) is 1. The summed E-state index contributed by atoms with van der Waals surface area (Å²) in [4.78, 5) is 54.9. The first-order chi connectivity index (χ1) is 20.1. The lowest BCUT2D eigenvalue weighted by Crippen LogP contribution is -2.63. The zero-order valence-corrected chi connectivity index (χ0v) is 27.5. The van der Waals surface area contributed by atoms with Gasteiger partial charge in [-0.15, -0.1) is 19.0 Å². The van der Waals surface area contributed by atoms with Crippen LogP contribution in [0.5, 0.6) is 0 Å². The molecular formula is C34H48ClN3O6. The number of nitrogens with two attached hydrogens (primary N) is 1. The summed E-state index contributed by atoms with van der Waals surface area (Å²) >= 11 is 0. The summed E-state index contributed by atoms with van der Waals surface area (Å²) < 4.78 is 6.34. The molecule has 9 nitrogen and oxygen atoms in total. The summed E-state index contributed by atoms with van der Waals surface area (Å²) in [5.74, 6) is -1.22. The molecule has 10 heteroatoms. The number of amides is 3. The van der Waals surface area contributed by atoms with Crippen molar-refractivity contribution in [3.63, 3.8) is 0 Å². The summed E-state index contributed by atoms with van der Waals surface area (Å²) in [6.45, 7) is 15.9. The van der Waals surface area contributed by atoms with Gasteiger partial charge >= 0.3 is 6.09 Å². The Kier molecular flexibility index (Phi) is 9.21. The number of ether oxygens (including phenoxy) is 1. The molecule has 1 aromatic carbocycles. The Labute approximate surface area is 266 Å². The third-order valence-electron chi connectivity index (χ3n) is 12.0. The van der Waals surface area contributed by atoms with Gasteiger partial charge in [0.05, 0.1) is 18.7 Å². The molecule has 1 aromatic rings. The SMILES string of the molecule is C=C[C@]1(C)C[C@@H](OC(=O)N2Cc3c(NC(=O)C(N)C(C)C)cccc3C2=O)[C@@]2(C)C3C(=O)CC[C@@]3(CC[C@H]2C)[C@@H](C)[C@@H]1O.Cl. The van der Waals surface area contributed by atoms with E-state index < -0.39 is 46.5 Å². The maximum atomic E-state index is 14.0. The summed E-state index contributed by atoms with van der Waals surface area (Å²) in [6.07, 6.45) is 2.55. The molecule has 3 aliphatic carbocycles. The molecule has 242 valence electrons. The molecule has 2 bridgehead atoms. The van der Waals surface area contributed by atoms with Crippen molar-refractivity contribution in [1.82, 2.24) is 4.90 Å². The van der Waals surface area contributed by atoms with Gasteiger partial charge < -0.3 is 20.9 Å². The van der Waals surface area contributed by atoms with Gasteiger partial charge in [0.25, 0.3) is 5.91 Å². The van der Waals surface area contributed by atoms with Crippen LogP contribution in [0.4, 0.5) is 10.5 Å². The molecule has 4 aliphatic rings. The number of carbonyl (C=O) groups excluding carboxylic acids is 4. The van der Waals surface area contributed by atoms with Crippen molar-refractivity contribution in [3.05, 3.63) is 42.0 Å². The van der Waals surface area contributed by atoms with Crippen LogP contribution in [0.3, 0.4) is 0 Å². The molecular weight excluding hydrogens is 582 g/mol. The zero-order valence-electron chi connectivity index (χ0n) is 26.7. The number of hydrogen-bond acceptors (Lipinski definition) is 7. The minimum Gasteiger partial charge on any atom is -0.445 e. The van der Waals surface area contributed by atoms with E-state index in [0.717, 1.165) is 17.7 Å². The van der Waals surface area contributed by atoms with E-state index in [1.54, 1.807) is 24.3 Å². The van der Waals surface area contributed by atoms with Crippen LogP contribution in [0.15, 0.2) is 30.9 Å². The third-order valence-corrected chi connectivity index (χ3v) is 12.0. The van der Waals surface area contributed by atoms with Gasteiger partial charge in [0.2, 0.25) is 5.91 Å². The molecule has 2 unspecified atom stereocenters. The topological polar surface area (TPSA) is 139 Å². The van der Waals surface area contributed by atoms with Gasteiger partial charge in [0.15, 0.2) is 0 Å². The number of nitrogens with one attached hydrogen (secondary N) is 1. The van der Waals surface area contributed by atoms with Gasteiger partial charge in [-0.25, -0.2) is 9.69 Å². The first-order valence-electron chi connectivity index (χ1n) is 15.7. The van der Waals surface area contributed by atoms with Crippen LogP contribution in [0.2, 0.25) is 0 Å². The monoisotopic (exact) mass is 629 g/mol. The van der Waals surface area contributed by atoms with Crippen LogP contribution in [0.1, 0.15) is 89.6 Å². The van der Waals surface area contributed by atoms with Crippen molar-refractivity contribution in [1.29, 1.82) is 0 Å². The second kappa shape index (κ2) is 11.9. The highest BCUT2D eigenvalue weighted by atomic mass is 35.5. The van der Waals surface area contributed by atoms with Gasteiger partial charge in [0.1, 0.15) is 11.9 Å². The average molecular weight is 630 g/mol. The molecule has 0 saturated heterocycles. The molecule has 44 heavy (non-hydrogen) atoms. The third kappa shape index (κ3) is 4.99. The van der Waals surface area contributed by atoms with E-state index >= 15 is 0 Å². The number of carbonyl (C=O) groups is 4. The predicted octanol–water partition coefficient (Wildman–Crippen LogP) is 5.49. The number of ketones is 1. The maximum absolute atomic E-state index is 14.0. The average Bonchev–Trinajstić information content (AvgIpc) is 3.51. The Morgan fingerprint density at radius 2 is 1.89 bits per heavy atom. The fourth-order valence-corrected chi connectivity index (χ4v) is 8.80. The first kappa shape index (κ1) is 34.1. The van der Waals surface area contributed by atoms with Gasteiger partial charge in [-0.3, -0.25) is 14.4 Å². The summed E-state index contributed by atoms with van der Waals surface area (Å²) in [6, 6.07) is 4.25. The van der Waals surface area contributed by atoms with E-state index in [1.807, 2.05) is 20.8 Å². The Hall–Kier alpha value is -2.75. The fourth-order valence-electron chi connectivity index (χ4n) is 8.80. The van der Waals surface area contributed by atoms with Crippen molar-refractivity contribution in [3.8, 4) is 0 Å². The van der Waals surface area contributed by atoms with Crippen molar-refractivity contribution in [2.24, 2.45) is 45.7 Å². The van der Waals surface area contributed by atoms with Crippen LogP contribution in [0, 0.1) is 39.9 Å². The van der Waals surface area contributed by atoms with Crippen molar-refractivity contribution in [2.45, 2.75) is 98.4 Å². The number of rotatable bonds is 5. The van der Waals surface area contributed by atoms with Crippen LogP contribution in [-0.4, -0.2) is 51.9 Å². The Bertz CT molecular complexity index is 1370. The van der Waals surface area contributed by atoms with Crippen molar-refractivity contribution >= 4 is 41.8 Å². The Morgan fingerprint density at radius 3 is 2.52 bits per heavy atom.